The Labute approximate surface area is 123 Å². The zero-order valence-corrected chi connectivity index (χ0v) is 13.1. The molecule has 4 heteroatoms. The topological polar surface area (TPSA) is 29.5 Å². The van der Waals surface area contributed by atoms with E-state index in [-0.39, 0.29) is 11.9 Å². The number of hydrogen-bond donors (Lipinski definition) is 0. The zero-order chi connectivity index (χ0) is 13.8. The summed E-state index contributed by atoms with van der Waals surface area (Å²) < 4.78 is 6.67. The third kappa shape index (κ3) is 3.57. The lowest BCUT2D eigenvalue weighted by Crippen LogP contribution is -2.40. The first kappa shape index (κ1) is 14.5. The standard InChI is InChI=1S/C15H20BrNO2/c1-3-19-13-5-4-8-17(10-13)15-7-6-12(16)9-14(15)11(2)18/h6-7,9,13H,3-5,8,10H2,1-2H3. The summed E-state index contributed by atoms with van der Waals surface area (Å²) in [5.74, 6) is 0.106. The molecule has 0 radical (unpaired) electrons. The highest BCUT2D eigenvalue weighted by Crippen LogP contribution is 2.28. The Morgan fingerprint density at radius 1 is 1.53 bits per heavy atom. The Bertz CT molecular complexity index is 459. The molecule has 1 aromatic carbocycles. The maximum Gasteiger partial charge on any atom is 0.161 e. The van der Waals surface area contributed by atoms with Crippen LogP contribution in [0.2, 0.25) is 0 Å². The van der Waals surface area contributed by atoms with Gasteiger partial charge in [0.15, 0.2) is 5.78 Å². The van der Waals surface area contributed by atoms with Gasteiger partial charge in [0.25, 0.3) is 0 Å². The molecule has 19 heavy (non-hydrogen) atoms. The SMILES string of the molecule is CCOC1CCCN(c2ccc(Br)cc2C(C)=O)C1. The number of halogens is 1. The molecule has 1 atom stereocenters. The molecule has 1 aliphatic rings. The number of anilines is 1. The number of ketones is 1. The number of rotatable bonds is 4. The van der Waals surface area contributed by atoms with Crippen molar-refractivity contribution in [1.29, 1.82) is 0 Å². The second kappa shape index (κ2) is 6.53. The molecule has 1 unspecified atom stereocenters. The van der Waals surface area contributed by atoms with Crippen molar-refractivity contribution >= 4 is 27.4 Å². The first-order chi connectivity index (χ1) is 9.11. The van der Waals surface area contributed by atoms with Crippen molar-refractivity contribution in [2.75, 3.05) is 24.6 Å². The number of nitrogens with zero attached hydrogens (tertiary/aromatic N) is 1. The normalized spacial score (nSPS) is 19.5. The van der Waals surface area contributed by atoms with Gasteiger partial charge in [-0.05, 0) is 44.9 Å². The van der Waals surface area contributed by atoms with E-state index in [2.05, 4.69) is 20.8 Å². The number of hydrogen-bond acceptors (Lipinski definition) is 3. The molecule has 3 nitrogen and oxygen atoms in total. The summed E-state index contributed by atoms with van der Waals surface area (Å²) in [6.45, 7) is 6.26. The number of Topliss-reactive ketones (excluding diaryl/α,β-unsaturated/α-hetero) is 1. The maximum absolute atomic E-state index is 11.8. The van der Waals surface area contributed by atoms with E-state index in [1.165, 1.54) is 0 Å². The van der Waals surface area contributed by atoms with E-state index in [4.69, 9.17) is 4.74 Å². The average molecular weight is 326 g/mol. The second-order valence-electron chi connectivity index (χ2n) is 4.88. The lowest BCUT2D eigenvalue weighted by molar-refractivity contribution is 0.0526. The summed E-state index contributed by atoms with van der Waals surface area (Å²) >= 11 is 3.43. The predicted molar refractivity (Wildman–Crippen MR) is 81.0 cm³/mol. The van der Waals surface area contributed by atoms with Crippen LogP contribution in [0.5, 0.6) is 0 Å². The third-order valence-corrected chi connectivity index (χ3v) is 3.95. The van der Waals surface area contributed by atoms with Gasteiger partial charge in [-0.15, -0.1) is 0 Å². The highest BCUT2D eigenvalue weighted by molar-refractivity contribution is 9.10. The van der Waals surface area contributed by atoms with Gasteiger partial charge in [0.1, 0.15) is 0 Å². The quantitative estimate of drug-likeness (QED) is 0.791. The number of carbonyl (C=O) groups is 1. The number of ether oxygens (including phenoxy) is 1. The minimum absolute atomic E-state index is 0.106. The van der Waals surface area contributed by atoms with Gasteiger partial charge in [-0.1, -0.05) is 15.9 Å². The van der Waals surface area contributed by atoms with Crippen molar-refractivity contribution in [3.05, 3.63) is 28.2 Å². The molecule has 0 N–H and O–H groups in total. The van der Waals surface area contributed by atoms with Crippen LogP contribution in [0.25, 0.3) is 0 Å². The van der Waals surface area contributed by atoms with Gasteiger partial charge in [0.2, 0.25) is 0 Å². The van der Waals surface area contributed by atoms with Crippen molar-refractivity contribution in [3.8, 4) is 0 Å². The van der Waals surface area contributed by atoms with Gasteiger partial charge in [-0.2, -0.15) is 0 Å². The van der Waals surface area contributed by atoms with Crippen molar-refractivity contribution in [1.82, 2.24) is 0 Å². The molecule has 0 aromatic heterocycles. The molecule has 104 valence electrons. The molecular weight excluding hydrogens is 306 g/mol. The van der Waals surface area contributed by atoms with Crippen molar-refractivity contribution in [2.45, 2.75) is 32.8 Å². The van der Waals surface area contributed by atoms with Crippen LogP contribution in [0, 0.1) is 0 Å². The van der Waals surface area contributed by atoms with Gasteiger partial charge in [-0.25, -0.2) is 0 Å². The second-order valence-corrected chi connectivity index (χ2v) is 5.80. The summed E-state index contributed by atoms with van der Waals surface area (Å²) in [5, 5.41) is 0. The summed E-state index contributed by atoms with van der Waals surface area (Å²) in [5.41, 5.74) is 1.81. The molecular formula is C15H20BrNO2. The van der Waals surface area contributed by atoms with E-state index in [9.17, 15) is 4.79 Å². The van der Waals surface area contributed by atoms with Crippen LogP contribution in [0.3, 0.4) is 0 Å². The van der Waals surface area contributed by atoms with Crippen LogP contribution in [0.1, 0.15) is 37.0 Å². The van der Waals surface area contributed by atoms with Gasteiger partial charge in [0.05, 0.1) is 6.10 Å². The highest BCUT2D eigenvalue weighted by Gasteiger charge is 2.23. The zero-order valence-electron chi connectivity index (χ0n) is 11.5. The van der Waals surface area contributed by atoms with Crippen LogP contribution in [-0.4, -0.2) is 31.6 Å². The molecule has 0 amide bonds. The third-order valence-electron chi connectivity index (χ3n) is 3.46. The monoisotopic (exact) mass is 325 g/mol. The molecule has 2 rings (SSSR count). The fourth-order valence-electron chi connectivity index (χ4n) is 2.59. The van der Waals surface area contributed by atoms with Gasteiger partial charge in [-0.3, -0.25) is 4.79 Å². The fraction of sp³-hybridized carbons (Fsp3) is 0.533. The largest absolute Gasteiger partial charge is 0.377 e. The minimum atomic E-state index is 0.106. The van der Waals surface area contributed by atoms with E-state index in [1.807, 2.05) is 25.1 Å². The van der Waals surface area contributed by atoms with Crippen molar-refractivity contribution in [3.63, 3.8) is 0 Å². The molecule has 0 saturated carbocycles. The van der Waals surface area contributed by atoms with E-state index in [0.717, 1.165) is 48.3 Å². The van der Waals surface area contributed by atoms with E-state index in [0.29, 0.717) is 0 Å². The summed E-state index contributed by atoms with van der Waals surface area (Å²) in [4.78, 5) is 14.1. The molecule has 1 heterocycles. The highest BCUT2D eigenvalue weighted by atomic mass is 79.9. The molecule has 1 saturated heterocycles. The van der Waals surface area contributed by atoms with E-state index in [1.54, 1.807) is 6.92 Å². The smallest absolute Gasteiger partial charge is 0.161 e. The minimum Gasteiger partial charge on any atom is -0.377 e. The van der Waals surface area contributed by atoms with Crippen LogP contribution in [-0.2, 0) is 4.74 Å². The average Bonchev–Trinajstić information content (AvgIpc) is 2.39. The van der Waals surface area contributed by atoms with Crippen LogP contribution in [0.4, 0.5) is 5.69 Å². The summed E-state index contributed by atoms with van der Waals surface area (Å²) in [6, 6.07) is 5.92. The van der Waals surface area contributed by atoms with Crippen molar-refractivity contribution in [2.24, 2.45) is 0 Å². The number of benzene rings is 1. The van der Waals surface area contributed by atoms with Crippen LogP contribution < -0.4 is 4.90 Å². The molecule has 1 aliphatic heterocycles. The number of piperidine rings is 1. The van der Waals surface area contributed by atoms with Gasteiger partial charge >= 0.3 is 0 Å². The molecule has 1 fully saturated rings. The van der Waals surface area contributed by atoms with Gasteiger partial charge in [0, 0.05) is 35.4 Å². The predicted octanol–water partition coefficient (Wildman–Crippen LogP) is 3.66. The Kier molecular flexibility index (Phi) is 4.99. The van der Waals surface area contributed by atoms with Gasteiger partial charge < -0.3 is 9.64 Å². The Balaban J connectivity index is 2.23. The molecule has 0 spiro atoms. The lowest BCUT2D eigenvalue weighted by Gasteiger charge is -2.35. The molecule has 1 aromatic rings. The van der Waals surface area contributed by atoms with Crippen LogP contribution in [0.15, 0.2) is 22.7 Å². The lowest BCUT2D eigenvalue weighted by atomic mass is 10.0. The Morgan fingerprint density at radius 3 is 3.00 bits per heavy atom. The van der Waals surface area contributed by atoms with Crippen molar-refractivity contribution < 1.29 is 9.53 Å². The van der Waals surface area contributed by atoms with E-state index < -0.39 is 0 Å². The molecule has 0 bridgehead atoms. The number of carbonyl (C=O) groups excluding carboxylic acids is 1. The maximum atomic E-state index is 11.8. The summed E-state index contributed by atoms with van der Waals surface area (Å²) in [6.07, 6.45) is 2.50. The fourth-order valence-corrected chi connectivity index (χ4v) is 2.96. The van der Waals surface area contributed by atoms with E-state index >= 15 is 0 Å². The Morgan fingerprint density at radius 2 is 2.32 bits per heavy atom. The Hall–Kier alpha value is -0.870. The summed E-state index contributed by atoms with van der Waals surface area (Å²) in [7, 11) is 0. The molecule has 0 aliphatic carbocycles. The first-order valence-corrected chi connectivity index (χ1v) is 7.58. The first-order valence-electron chi connectivity index (χ1n) is 6.79. The van der Waals surface area contributed by atoms with Crippen LogP contribution >= 0.6 is 15.9 Å².